The van der Waals surface area contributed by atoms with Crippen molar-refractivity contribution in [1.29, 1.82) is 0 Å². The summed E-state index contributed by atoms with van der Waals surface area (Å²) < 4.78 is 11.8. The topological polar surface area (TPSA) is 50.7 Å². The number of hydrogen-bond acceptors (Lipinski definition) is 4. The number of fused-ring (bicyclic) bond motifs is 1. The van der Waals surface area contributed by atoms with Crippen molar-refractivity contribution in [2.45, 2.75) is 37.8 Å². The number of hydrogen-bond donors (Lipinski definition) is 2. The zero-order chi connectivity index (χ0) is 15.5. The minimum absolute atomic E-state index is 0.191. The third-order valence-corrected chi connectivity index (χ3v) is 5.35. The smallest absolute Gasteiger partial charge is 0.169 e. The molecule has 1 fully saturated rings. The number of piperidine rings is 1. The minimum atomic E-state index is -0.233. The molecule has 1 spiro atoms. The van der Waals surface area contributed by atoms with Crippen molar-refractivity contribution >= 4 is 0 Å². The third-order valence-electron chi connectivity index (χ3n) is 5.35. The van der Waals surface area contributed by atoms with Crippen LogP contribution in [0.3, 0.4) is 0 Å². The predicted octanol–water partition coefficient (Wildman–Crippen LogP) is 2.55. The van der Waals surface area contributed by atoms with E-state index in [0.717, 1.165) is 29.9 Å². The van der Waals surface area contributed by atoms with Crippen molar-refractivity contribution in [2.75, 3.05) is 13.7 Å². The van der Waals surface area contributed by atoms with Gasteiger partial charge in [0.05, 0.1) is 12.5 Å². The van der Waals surface area contributed by atoms with Gasteiger partial charge in [0.25, 0.3) is 0 Å². The Morgan fingerprint density at radius 2 is 2.18 bits per heavy atom. The van der Waals surface area contributed by atoms with E-state index in [0.29, 0.717) is 5.75 Å². The van der Waals surface area contributed by atoms with Crippen molar-refractivity contribution in [2.24, 2.45) is 0 Å². The third kappa shape index (κ3) is 1.51. The van der Waals surface area contributed by atoms with Gasteiger partial charge in [-0.05, 0) is 50.1 Å². The Bertz CT molecular complexity index is 707. The van der Waals surface area contributed by atoms with Crippen LogP contribution in [0.25, 0.3) is 0 Å². The van der Waals surface area contributed by atoms with E-state index in [4.69, 9.17) is 9.47 Å². The van der Waals surface area contributed by atoms with E-state index in [1.807, 2.05) is 12.1 Å². The first-order valence-electron chi connectivity index (χ1n) is 7.79. The summed E-state index contributed by atoms with van der Waals surface area (Å²) in [7, 11) is 1.68. The normalized spacial score (nSPS) is 32.1. The lowest BCUT2D eigenvalue weighted by Gasteiger charge is -2.45. The molecule has 1 aromatic rings. The number of ether oxygens (including phenoxy) is 2. The Balaban J connectivity index is 2.02. The maximum Gasteiger partial charge on any atom is 0.169 e. The standard InChI is InChI=1S/C18H21NO3/c1-10-4-6-13(20)16-15(10)18-8-9-19-11(2)12(18)5-7-14(21-3)17(18)22-16/h4-7,11,17,19-20H,8-9H2,1-3H3/t11-,17?,18+/m1/s1. The maximum atomic E-state index is 10.3. The van der Waals surface area contributed by atoms with E-state index in [1.165, 1.54) is 5.57 Å². The number of allylic oxidation sites excluding steroid dienone is 2. The zero-order valence-electron chi connectivity index (χ0n) is 13.1. The molecule has 0 aromatic heterocycles. The number of aromatic hydroxyl groups is 1. The number of rotatable bonds is 1. The second-order valence-electron chi connectivity index (χ2n) is 6.40. The molecule has 2 aliphatic heterocycles. The first-order valence-corrected chi connectivity index (χ1v) is 7.79. The van der Waals surface area contributed by atoms with Crippen molar-refractivity contribution in [3.8, 4) is 11.5 Å². The first kappa shape index (κ1) is 13.7. The fourth-order valence-electron chi connectivity index (χ4n) is 4.40. The number of phenolic OH excluding ortho intramolecular Hbond substituents is 1. The first-order chi connectivity index (χ1) is 10.6. The van der Waals surface area contributed by atoms with Crippen LogP contribution in [-0.2, 0) is 10.2 Å². The summed E-state index contributed by atoms with van der Waals surface area (Å²) in [5, 5.41) is 13.8. The second kappa shape index (κ2) is 4.53. The molecular weight excluding hydrogens is 278 g/mol. The monoisotopic (exact) mass is 299 g/mol. The Kier molecular flexibility index (Phi) is 2.82. The second-order valence-corrected chi connectivity index (χ2v) is 6.40. The van der Waals surface area contributed by atoms with Gasteiger partial charge in [-0.3, -0.25) is 0 Å². The predicted molar refractivity (Wildman–Crippen MR) is 84.2 cm³/mol. The summed E-state index contributed by atoms with van der Waals surface area (Å²) in [5.41, 5.74) is 3.37. The average Bonchev–Trinajstić information content (AvgIpc) is 2.86. The van der Waals surface area contributed by atoms with E-state index in [9.17, 15) is 5.11 Å². The lowest BCUT2D eigenvalue weighted by atomic mass is 9.62. The molecule has 1 aliphatic carbocycles. The van der Waals surface area contributed by atoms with E-state index >= 15 is 0 Å². The number of aryl methyl sites for hydroxylation is 1. The Hall–Kier alpha value is -1.94. The van der Waals surface area contributed by atoms with Gasteiger partial charge >= 0.3 is 0 Å². The number of benzene rings is 1. The van der Waals surface area contributed by atoms with Crippen LogP contribution in [-0.4, -0.2) is 30.9 Å². The molecular formula is C18H21NO3. The summed E-state index contributed by atoms with van der Waals surface area (Å²) in [6.07, 6.45) is 4.91. The van der Waals surface area contributed by atoms with Gasteiger partial charge in [0.1, 0.15) is 5.76 Å². The van der Waals surface area contributed by atoms with Gasteiger partial charge in [0.2, 0.25) is 0 Å². The molecule has 1 saturated heterocycles. The minimum Gasteiger partial charge on any atom is -0.504 e. The van der Waals surface area contributed by atoms with Crippen LogP contribution >= 0.6 is 0 Å². The molecule has 0 bridgehead atoms. The van der Waals surface area contributed by atoms with Crippen LogP contribution in [0.1, 0.15) is 24.5 Å². The highest BCUT2D eigenvalue weighted by molar-refractivity contribution is 5.64. The molecule has 0 amide bonds. The zero-order valence-corrected chi connectivity index (χ0v) is 13.1. The molecule has 1 aromatic carbocycles. The van der Waals surface area contributed by atoms with Crippen molar-refractivity contribution < 1.29 is 14.6 Å². The lowest BCUT2D eigenvalue weighted by molar-refractivity contribution is 0.103. The Morgan fingerprint density at radius 3 is 2.95 bits per heavy atom. The molecule has 4 heteroatoms. The molecule has 22 heavy (non-hydrogen) atoms. The van der Waals surface area contributed by atoms with Crippen LogP contribution in [0, 0.1) is 6.92 Å². The van der Waals surface area contributed by atoms with Gasteiger partial charge in [-0.2, -0.15) is 0 Å². The molecule has 3 aliphatic rings. The van der Waals surface area contributed by atoms with Crippen LogP contribution in [0.4, 0.5) is 0 Å². The molecule has 0 radical (unpaired) electrons. The van der Waals surface area contributed by atoms with Crippen LogP contribution in [0.15, 0.2) is 35.6 Å². The highest BCUT2D eigenvalue weighted by atomic mass is 16.5. The van der Waals surface area contributed by atoms with Crippen molar-refractivity contribution in [1.82, 2.24) is 5.32 Å². The van der Waals surface area contributed by atoms with E-state index in [2.05, 4.69) is 25.2 Å². The molecule has 2 heterocycles. The van der Waals surface area contributed by atoms with E-state index in [1.54, 1.807) is 13.2 Å². The maximum absolute atomic E-state index is 10.3. The van der Waals surface area contributed by atoms with Crippen LogP contribution in [0.2, 0.25) is 0 Å². The van der Waals surface area contributed by atoms with Gasteiger partial charge < -0.3 is 19.9 Å². The Labute approximate surface area is 130 Å². The summed E-state index contributed by atoms with van der Waals surface area (Å²) in [6.45, 7) is 5.20. The average molecular weight is 299 g/mol. The molecule has 2 N–H and O–H groups in total. The fourth-order valence-corrected chi connectivity index (χ4v) is 4.40. The SMILES string of the molecule is COC1=CC=C2[C@@H](C)NCC[C@@]23c2c(C)ccc(O)c2OC13. The lowest BCUT2D eigenvalue weighted by Crippen LogP contribution is -2.54. The van der Waals surface area contributed by atoms with Gasteiger partial charge in [-0.1, -0.05) is 12.1 Å². The largest absolute Gasteiger partial charge is 0.504 e. The van der Waals surface area contributed by atoms with Crippen LogP contribution < -0.4 is 10.1 Å². The van der Waals surface area contributed by atoms with E-state index in [-0.39, 0.29) is 23.3 Å². The van der Waals surface area contributed by atoms with Gasteiger partial charge in [0.15, 0.2) is 17.6 Å². The summed E-state index contributed by atoms with van der Waals surface area (Å²) in [5.74, 6) is 1.66. The number of nitrogens with one attached hydrogen (secondary N) is 1. The van der Waals surface area contributed by atoms with E-state index < -0.39 is 0 Å². The quantitative estimate of drug-likeness (QED) is 0.837. The molecule has 0 saturated carbocycles. The van der Waals surface area contributed by atoms with Gasteiger partial charge in [-0.15, -0.1) is 0 Å². The van der Waals surface area contributed by atoms with Gasteiger partial charge in [0, 0.05) is 11.6 Å². The molecule has 4 nitrogen and oxygen atoms in total. The van der Waals surface area contributed by atoms with Gasteiger partial charge in [-0.25, -0.2) is 0 Å². The highest BCUT2D eigenvalue weighted by Crippen LogP contribution is 2.58. The summed E-state index contributed by atoms with van der Waals surface area (Å²) in [6, 6.07) is 3.97. The summed E-state index contributed by atoms with van der Waals surface area (Å²) >= 11 is 0. The Morgan fingerprint density at radius 1 is 1.36 bits per heavy atom. The van der Waals surface area contributed by atoms with Crippen LogP contribution in [0.5, 0.6) is 11.5 Å². The molecule has 3 atom stereocenters. The van der Waals surface area contributed by atoms with Crippen molar-refractivity contribution in [3.05, 3.63) is 46.7 Å². The highest BCUT2D eigenvalue weighted by Gasteiger charge is 2.58. The summed E-state index contributed by atoms with van der Waals surface area (Å²) in [4.78, 5) is 0. The number of phenols is 1. The number of methoxy groups -OCH3 is 1. The van der Waals surface area contributed by atoms with Crippen molar-refractivity contribution in [3.63, 3.8) is 0 Å². The molecule has 1 unspecified atom stereocenters. The molecule has 4 rings (SSSR count). The fraction of sp³-hybridized carbons (Fsp3) is 0.444. The molecule has 116 valence electrons.